The van der Waals surface area contributed by atoms with Crippen molar-refractivity contribution in [3.63, 3.8) is 0 Å². The summed E-state index contributed by atoms with van der Waals surface area (Å²) in [6, 6.07) is 17.4. The zero-order valence-electron chi connectivity index (χ0n) is 19.4. The van der Waals surface area contributed by atoms with Gasteiger partial charge in [0.15, 0.2) is 6.10 Å². The van der Waals surface area contributed by atoms with Crippen LogP contribution in [0.1, 0.15) is 12.5 Å². The average Bonchev–Trinajstić information content (AvgIpc) is 3.26. The SMILES string of the molecule is CC(OC(=O)Cn1cnc2c(oc3ccccc32)c1=O)C(=O)N1CCN(Cc2ccccc2)CC1. The molecule has 1 atom stereocenters. The third-order valence-corrected chi connectivity index (χ3v) is 6.24. The zero-order valence-corrected chi connectivity index (χ0v) is 19.4. The number of fused-ring (bicyclic) bond motifs is 3. The van der Waals surface area contributed by atoms with Crippen molar-refractivity contribution < 1.29 is 18.7 Å². The van der Waals surface area contributed by atoms with Crippen molar-refractivity contribution >= 4 is 33.9 Å². The molecule has 0 spiro atoms. The van der Waals surface area contributed by atoms with Gasteiger partial charge >= 0.3 is 5.97 Å². The van der Waals surface area contributed by atoms with E-state index in [0.717, 1.165) is 29.6 Å². The van der Waals surface area contributed by atoms with Crippen molar-refractivity contribution in [3.8, 4) is 0 Å². The first-order chi connectivity index (χ1) is 17.0. The van der Waals surface area contributed by atoms with Gasteiger partial charge in [0.25, 0.3) is 11.5 Å². The molecular formula is C26H26N4O5. The third kappa shape index (κ3) is 4.81. The number of piperazine rings is 1. The van der Waals surface area contributed by atoms with Gasteiger partial charge in [0.2, 0.25) is 5.58 Å². The van der Waals surface area contributed by atoms with Gasteiger partial charge in [-0.1, -0.05) is 42.5 Å². The lowest BCUT2D eigenvalue weighted by Crippen LogP contribution is -2.51. The molecule has 1 saturated heterocycles. The third-order valence-electron chi connectivity index (χ3n) is 6.24. The Labute approximate surface area is 201 Å². The van der Waals surface area contributed by atoms with Crippen molar-refractivity contribution in [3.05, 3.63) is 76.8 Å². The Balaban J connectivity index is 1.17. The van der Waals surface area contributed by atoms with Crippen LogP contribution in [0.15, 0.2) is 70.1 Å². The summed E-state index contributed by atoms with van der Waals surface area (Å²) in [6.07, 6.45) is 0.355. The van der Waals surface area contributed by atoms with Crippen LogP contribution in [0.2, 0.25) is 0 Å². The number of furan rings is 1. The molecule has 9 nitrogen and oxygen atoms in total. The number of rotatable bonds is 6. The van der Waals surface area contributed by atoms with Gasteiger partial charge in [0.05, 0.1) is 6.33 Å². The van der Waals surface area contributed by atoms with Crippen molar-refractivity contribution in [2.24, 2.45) is 0 Å². The quantitative estimate of drug-likeness (QED) is 0.396. The second-order valence-electron chi connectivity index (χ2n) is 8.67. The molecule has 0 bridgehead atoms. The number of esters is 1. The molecule has 0 radical (unpaired) electrons. The minimum atomic E-state index is -0.943. The summed E-state index contributed by atoms with van der Waals surface area (Å²) in [5.41, 5.74) is 1.84. The maximum absolute atomic E-state index is 12.8. The Bertz CT molecular complexity index is 1420. The second kappa shape index (κ2) is 9.71. The number of hydrogen-bond acceptors (Lipinski definition) is 7. The highest BCUT2D eigenvalue weighted by atomic mass is 16.5. The van der Waals surface area contributed by atoms with Crippen LogP contribution in [0.4, 0.5) is 0 Å². The van der Waals surface area contributed by atoms with Crippen LogP contribution in [-0.4, -0.2) is 63.5 Å². The van der Waals surface area contributed by atoms with Gasteiger partial charge in [-0.3, -0.25) is 23.9 Å². The van der Waals surface area contributed by atoms with Gasteiger partial charge in [0, 0.05) is 38.1 Å². The summed E-state index contributed by atoms with van der Waals surface area (Å²) in [7, 11) is 0. The lowest BCUT2D eigenvalue weighted by Gasteiger charge is -2.35. The fourth-order valence-corrected chi connectivity index (χ4v) is 4.38. The highest BCUT2D eigenvalue weighted by molar-refractivity contribution is 6.01. The first-order valence-corrected chi connectivity index (χ1v) is 11.6. The van der Waals surface area contributed by atoms with Crippen LogP contribution in [0.25, 0.3) is 22.1 Å². The van der Waals surface area contributed by atoms with Crippen molar-refractivity contribution in [2.75, 3.05) is 26.2 Å². The molecular weight excluding hydrogens is 448 g/mol. The predicted octanol–water partition coefficient (Wildman–Crippen LogP) is 2.42. The predicted molar refractivity (Wildman–Crippen MR) is 130 cm³/mol. The molecule has 5 rings (SSSR count). The monoisotopic (exact) mass is 474 g/mol. The molecule has 180 valence electrons. The molecule has 1 unspecified atom stereocenters. The van der Waals surface area contributed by atoms with Gasteiger partial charge < -0.3 is 14.1 Å². The number of para-hydroxylation sites is 1. The molecule has 0 saturated carbocycles. The first kappa shape index (κ1) is 22.8. The van der Waals surface area contributed by atoms with E-state index in [0.29, 0.717) is 24.2 Å². The molecule has 9 heteroatoms. The summed E-state index contributed by atoms with van der Waals surface area (Å²) < 4.78 is 12.1. The Morgan fingerprint density at radius 2 is 1.74 bits per heavy atom. The minimum absolute atomic E-state index is 0.0824. The van der Waals surface area contributed by atoms with Gasteiger partial charge in [-0.2, -0.15) is 0 Å². The van der Waals surface area contributed by atoms with E-state index in [4.69, 9.17) is 9.15 Å². The number of hydrogen-bond donors (Lipinski definition) is 0. The Morgan fingerprint density at radius 1 is 1.03 bits per heavy atom. The standard InChI is InChI=1S/C26H26N4O5/c1-18(25(32)29-13-11-28(12-14-29)15-19-7-3-2-4-8-19)34-22(31)16-30-17-27-23-20-9-5-6-10-21(20)35-24(23)26(30)33/h2-10,17-18H,11-16H2,1H3. The molecule has 2 aromatic carbocycles. The number of aromatic nitrogens is 2. The van der Waals surface area contributed by atoms with Gasteiger partial charge in [-0.25, -0.2) is 4.98 Å². The molecule has 3 heterocycles. The van der Waals surface area contributed by atoms with E-state index < -0.39 is 17.6 Å². The molecule has 35 heavy (non-hydrogen) atoms. The van der Waals surface area contributed by atoms with E-state index >= 15 is 0 Å². The largest absolute Gasteiger partial charge is 0.451 e. The van der Waals surface area contributed by atoms with E-state index in [9.17, 15) is 14.4 Å². The van der Waals surface area contributed by atoms with Gasteiger partial charge in [-0.05, 0) is 24.6 Å². The van der Waals surface area contributed by atoms with Crippen LogP contribution in [0, 0.1) is 0 Å². The maximum Gasteiger partial charge on any atom is 0.326 e. The van der Waals surface area contributed by atoms with Crippen molar-refractivity contribution in [1.82, 2.24) is 19.4 Å². The van der Waals surface area contributed by atoms with Crippen LogP contribution >= 0.6 is 0 Å². The zero-order chi connectivity index (χ0) is 24.4. The highest BCUT2D eigenvalue weighted by Gasteiger charge is 2.27. The molecule has 1 amide bonds. The van der Waals surface area contributed by atoms with Crippen LogP contribution < -0.4 is 5.56 Å². The molecule has 1 aliphatic rings. The number of ether oxygens (including phenoxy) is 1. The smallest absolute Gasteiger partial charge is 0.326 e. The molecule has 0 N–H and O–H groups in total. The van der Waals surface area contributed by atoms with Crippen molar-refractivity contribution in [2.45, 2.75) is 26.1 Å². The Hall–Kier alpha value is -3.98. The Kier molecular flexibility index (Phi) is 6.33. The van der Waals surface area contributed by atoms with E-state index in [1.54, 1.807) is 17.9 Å². The number of benzene rings is 2. The lowest BCUT2D eigenvalue weighted by atomic mass is 10.2. The number of carbonyl (C=O) groups excluding carboxylic acids is 2. The molecule has 1 fully saturated rings. The maximum atomic E-state index is 12.8. The number of nitrogens with zero attached hydrogens (tertiary/aromatic N) is 4. The minimum Gasteiger partial charge on any atom is -0.451 e. The Morgan fingerprint density at radius 3 is 2.51 bits per heavy atom. The highest BCUT2D eigenvalue weighted by Crippen LogP contribution is 2.24. The summed E-state index contributed by atoms with van der Waals surface area (Å²) in [5, 5.41) is 0.734. The average molecular weight is 475 g/mol. The van der Waals surface area contributed by atoms with E-state index in [2.05, 4.69) is 22.0 Å². The lowest BCUT2D eigenvalue weighted by molar-refractivity contribution is -0.160. The van der Waals surface area contributed by atoms with Crippen molar-refractivity contribution in [1.29, 1.82) is 0 Å². The fourth-order valence-electron chi connectivity index (χ4n) is 4.38. The molecule has 2 aromatic heterocycles. The number of carbonyl (C=O) groups is 2. The summed E-state index contributed by atoms with van der Waals surface area (Å²) in [6.45, 7) is 4.67. The summed E-state index contributed by atoms with van der Waals surface area (Å²) >= 11 is 0. The normalized spacial score (nSPS) is 15.4. The van der Waals surface area contributed by atoms with E-state index in [-0.39, 0.29) is 18.0 Å². The first-order valence-electron chi connectivity index (χ1n) is 11.6. The van der Waals surface area contributed by atoms with Gasteiger partial charge in [0.1, 0.15) is 17.6 Å². The molecule has 1 aliphatic heterocycles. The molecule has 0 aliphatic carbocycles. The van der Waals surface area contributed by atoms with Crippen LogP contribution in [0.5, 0.6) is 0 Å². The van der Waals surface area contributed by atoms with E-state index in [1.807, 2.05) is 36.4 Å². The van der Waals surface area contributed by atoms with E-state index in [1.165, 1.54) is 11.9 Å². The topological polar surface area (TPSA) is 97.9 Å². The molecule has 4 aromatic rings. The van der Waals surface area contributed by atoms with Gasteiger partial charge in [-0.15, -0.1) is 0 Å². The number of amides is 1. The fraction of sp³-hybridized carbons (Fsp3) is 0.308. The summed E-state index contributed by atoms with van der Waals surface area (Å²) in [5.74, 6) is -0.927. The summed E-state index contributed by atoms with van der Waals surface area (Å²) in [4.78, 5) is 46.4. The van der Waals surface area contributed by atoms with Crippen LogP contribution in [-0.2, 0) is 27.4 Å². The second-order valence-corrected chi connectivity index (χ2v) is 8.67. The van der Waals surface area contributed by atoms with Crippen LogP contribution in [0.3, 0.4) is 0 Å².